The normalized spacial score (nSPS) is 14.8. The summed E-state index contributed by atoms with van der Waals surface area (Å²) in [6.07, 6.45) is 2.27. The van der Waals surface area contributed by atoms with Crippen molar-refractivity contribution in [3.63, 3.8) is 0 Å². The van der Waals surface area contributed by atoms with Crippen molar-refractivity contribution in [3.8, 4) is 0 Å². The van der Waals surface area contributed by atoms with Gasteiger partial charge < -0.3 is 10.5 Å². The van der Waals surface area contributed by atoms with Crippen LogP contribution in [0.1, 0.15) is 24.9 Å². The molecule has 0 bridgehead atoms. The van der Waals surface area contributed by atoms with E-state index in [1.165, 1.54) is 6.20 Å². The standard InChI is InChI=1S/C10H17ClN4O/c1-6(16-2)3-9(15-13)8-4-7(11)5-14-10(8)12/h4-6,9,15H,3,13H2,1-2H3,(H2,12,14). The number of nitrogens with zero attached hydrogens (tertiary/aromatic N) is 1. The number of nitrogens with one attached hydrogen (secondary N) is 1. The van der Waals surface area contributed by atoms with E-state index in [2.05, 4.69) is 10.4 Å². The number of nitrogen functional groups attached to an aromatic ring is 1. The van der Waals surface area contributed by atoms with Crippen LogP contribution in [0.25, 0.3) is 0 Å². The minimum atomic E-state index is -0.124. The third-order valence-corrected chi connectivity index (χ3v) is 2.67. The van der Waals surface area contributed by atoms with E-state index in [1.54, 1.807) is 13.2 Å². The molecule has 0 saturated heterocycles. The molecule has 0 aliphatic carbocycles. The Morgan fingerprint density at radius 3 is 2.88 bits per heavy atom. The van der Waals surface area contributed by atoms with E-state index in [0.717, 1.165) is 5.56 Å². The molecule has 0 aliphatic heterocycles. The zero-order valence-corrected chi connectivity index (χ0v) is 10.2. The molecule has 0 saturated carbocycles. The molecule has 2 unspecified atom stereocenters. The lowest BCUT2D eigenvalue weighted by molar-refractivity contribution is 0.100. The fraction of sp³-hybridized carbons (Fsp3) is 0.500. The number of nitrogens with two attached hydrogens (primary N) is 2. The second kappa shape index (κ2) is 6.00. The summed E-state index contributed by atoms with van der Waals surface area (Å²) < 4.78 is 5.18. The van der Waals surface area contributed by atoms with Crippen LogP contribution >= 0.6 is 11.6 Å². The van der Waals surface area contributed by atoms with Crippen LogP contribution in [0, 0.1) is 0 Å². The lowest BCUT2D eigenvalue weighted by atomic mass is 10.0. The van der Waals surface area contributed by atoms with Gasteiger partial charge in [-0.05, 0) is 19.4 Å². The van der Waals surface area contributed by atoms with Crippen LogP contribution in [0.15, 0.2) is 12.3 Å². The average Bonchev–Trinajstić information content (AvgIpc) is 2.29. The van der Waals surface area contributed by atoms with Gasteiger partial charge in [-0.1, -0.05) is 11.6 Å². The molecule has 90 valence electrons. The van der Waals surface area contributed by atoms with Gasteiger partial charge in [0.15, 0.2) is 0 Å². The summed E-state index contributed by atoms with van der Waals surface area (Å²) in [4.78, 5) is 3.99. The highest BCUT2D eigenvalue weighted by Gasteiger charge is 2.17. The summed E-state index contributed by atoms with van der Waals surface area (Å²) in [6.45, 7) is 1.96. The van der Waals surface area contributed by atoms with Crippen LogP contribution < -0.4 is 17.0 Å². The Hall–Kier alpha value is -0.880. The Bertz CT molecular complexity index is 348. The molecule has 0 radical (unpaired) electrons. The van der Waals surface area contributed by atoms with Gasteiger partial charge in [0.1, 0.15) is 5.82 Å². The van der Waals surface area contributed by atoms with Gasteiger partial charge in [0.05, 0.1) is 17.2 Å². The summed E-state index contributed by atoms with van der Waals surface area (Å²) >= 11 is 5.87. The molecular formula is C10H17ClN4O. The molecule has 1 aromatic heterocycles. The minimum absolute atomic E-state index is 0.0689. The summed E-state index contributed by atoms with van der Waals surface area (Å²) in [5, 5.41) is 0.537. The summed E-state index contributed by atoms with van der Waals surface area (Å²) in [7, 11) is 1.65. The highest BCUT2D eigenvalue weighted by Crippen LogP contribution is 2.25. The quantitative estimate of drug-likeness (QED) is 0.536. The molecule has 0 amide bonds. The Labute approximate surface area is 100 Å². The zero-order chi connectivity index (χ0) is 12.1. The van der Waals surface area contributed by atoms with Crippen molar-refractivity contribution in [3.05, 3.63) is 22.8 Å². The van der Waals surface area contributed by atoms with Crippen molar-refractivity contribution in [2.24, 2.45) is 5.84 Å². The van der Waals surface area contributed by atoms with Gasteiger partial charge in [0.2, 0.25) is 0 Å². The maximum Gasteiger partial charge on any atom is 0.128 e. The maximum atomic E-state index is 5.87. The molecular weight excluding hydrogens is 228 g/mol. The van der Waals surface area contributed by atoms with Crippen molar-refractivity contribution in [1.82, 2.24) is 10.4 Å². The molecule has 6 heteroatoms. The number of hydrazine groups is 1. The fourth-order valence-corrected chi connectivity index (χ4v) is 1.62. The Kier molecular flexibility index (Phi) is 4.95. The van der Waals surface area contributed by atoms with Gasteiger partial charge in [0, 0.05) is 18.9 Å². The molecule has 0 spiro atoms. The minimum Gasteiger partial charge on any atom is -0.383 e. The number of rotatable bonds is 5. The molecule has 5 N–H and O–H groups in total. The maximum absolute atomic E-state index is 5.87. The van der Waals surface area contributed by atoms with Gasteiger partial charge in [-0.2, -0.15) is 0 Å². The van der Waals surface area contributed by atoms with Gasteiger partial charge in [-0.15, -0.1) is 0 Å². The summed E-state index contributed by atoms with van der Waals surface area (Å²) in [5.74, 6) is 5.92. The van der Waals surface area contributed by atoms with Gasteiger partial charge in [-0.3, -0.25) is 11.3 Å². The first-order chi connectivity index (χ1) is 7.58. The molecule has 16 heavy (non-hydrogen) atoms. The van der Waals surface area contributed by atoms with Crippen molar-refractivity contribution >= 4 is 17.4 Å². The second-order valence-electron chi connectivity index (χ2n) is 3.63. The first-order valence-electron chi connectivity index (χ1n) is 4.98. The molecule has 0 fully saturated rings. The van der Waals surface area contributed by atoms with E-state index in [-0.39, 0.29) is 12.1 Å². The Morgan fingerprint density at radius 2 is 2.31 bits per heavy atom. The van der Waals surface area contributed by atoms with Gasteiger partial charge in [0.25, 0.3) is 0 Å². The lowest BCUT2D eigenvalue weighted by Gasteiger charge is -2.20. The molecule has 0 aromatic carbocycles. The summed E-state index contributed by atoms with van der Waals surface area (Å²) in [6, 6.07) is 1.64. The second-order valence-corrected chi connectivity index (χ2v) is 4.07. The third-order valence-electron chi connectivity index (χ3n) is 2.46. The van der Waals surface area contributed by atoms with Crippen LogP contribution in [-0.4, -0.2) is 18.2 Å². The molecule has 1 heterocycles. The number of anilines is 1. The Morgan fingerprint density at radius 1 is 1.62 bits per heavy atom. The van der Waals surface area contributed by atoms with Gasteiger partial charge >= 0.3 is 0 Å². The topological polar surface area (TPSA) is 86.2 Å². The van der Waals surface area contributed by atoms with E-state index in [4.69, 9.17) is 27.9 Å². The number of hydrogen-bond donors (Lipinski definition) is 3. The van der Waals surface area contributed by atoms with Crippen LogP contribution in [0.5, 0.6) is 0 Å². The highest BCUT2D eigenvalue weighted by molar-refractivity contribution is 6.30. The van der Waals surface area contributed by atoms with Crippen LogP contribution in [0.3, 0.4) is 0 Å². The van der Waals surface area contributed by atoms with E-state index >= 15 is 0 Å². The zero-order valence-electron chi connectivity index (χ0n) is 9.40. The first kappa shape index (κ1) is 13.2. The summed E-state index contributed by atoms with van der Waals surface area (Å²) in [5.41, 5.74) is 9.26. The van der Waals surface area contributed by atoms with E-state index in [9.17, 15) is 0 Å². The predicted molar refractivity (Wildman–Crippen MR) is 64.8 cm³/mol. The van der Waals surface area contributed by atoms with Gasteiger partial charge in [-0.25, -0.2) is 4.98 Å². The van der Waals surface area contributed by atoms with E-state index in [1.807, 2.05) is 6.92 Å². The molecule has 1 aromatic rings. The molecule has 5 nitrogen and oxygen atoms in total. The number of halogens is 1. The van der Waals surface area contributed by atoms with E-state index in [0.29, 0.717) is 17.3 Å². The lowest BCUT2D eigenvalue weighted by Crippen LogP contribution is -2.31. The fourth-order valence-electron chi connectivity index (χ4n) is 1.46. The monoisotopic (exact) mass is 244 g/mol. The number of ether oxygens (including phenoxy) is 1. The Balaban J connectivity index is 2.89. The van der Waals surface area contributed by atoms with Crippen LogP contribution in [0.4, 0.5) is 5.82 Å². The van der Waals surface area contributed by atoms with Crippen LogP contribution in [-0.2, 0) is 4.74 Å². The van der Waals surface area contributed by atoms with Crippen molar-refractivity contribution < 1.29 is 4.74 Å². The van der Waals surface area contributed by atoms with Crippen molar-refractivity contribution in [1.29, 1.82) is 0 Å². The predicted octanol–water partition coefficient (Wildman–Crippen LogP) is 1.25. The molecule has 0 aliphatic rings. The SMILES string of the molecule is COC(C)CC(NN)c1cc(Cl)cnc1N. The molecule has 2 atom stereocenters. The number of pyridine rings is 1. The van der Waals surface area contributed by atoms with E-state index < -0.39 is 0 Å². The smallest absolute Gasteiger partial charge is 0.128 e. The number of methoxy groups -OCH3 is 1. The number of aromatic nitrogens is 1. The largest absolute Gasteiger partial charge is 0.383 e. The highest BCUT2D eigenvalue weighted by atomic mass is 35.5. The molecule has 1 rings (SSSR count). The van der Waals surface area contributed by atoms with Crippen LogP contribution in [0.2, 0.25) is 5.02 Å². The number of hydrogen-bond acceptors (Lipinski definition) is 5. The first-order valence-corrected chi connectivity index (χ1v) is 5.36. The third kappa shape index (κ3) is 3.31. The van der Waals surface area contributed by atoms with Crippen molar-refractivity contribution in [2.75, 3.05) is 12.8 Å². The van der Waals surface area contributed by atoms with Crippen molar-refractivity contribution in [2.45, 2.75) is 25.5 Å². The average molecular weight is 245 g/mol.